The fraction of sp³-hybridized carbons (Fsp3) is 0.933. The molecule has 0 aromatic carbocycles. The van der Waals surface area contributed by atoms with Gasteiger partial charge in [0.05, 0.1) is 6.10 Å². The predicted octanol–water partition coefficient (Wildman–Crippen LogP) is 2.50. The van der Waals surface area contributed by atoms with E-state index in [1.54, 1.807) is 0 Å². The highest BCUT2D eigenvalue weighted by Gasteiger charge is 2.24. The van der Waals surface area contributed by atoms with Crippen LogP contribution in [0.25, 0.3) is 0 Å². The van der Waals surface area contributed by atoms with Gasteiger partial charge in [-0.1, -0.05) is 12.8 Å². The maximum absolute atomic E-state index is 5.94. The summed E-state index contributed by atoms with van der Waals surface area (Å²) < 4.78 is 5.94. The van der Waals surface area contributed by atoms with Gasteiger partial charge >= 0.3 is 0 Å². The monoisotopic (exact) mass is 301 g/mol. The molecule has 1 fully saturated rings. The van der Waals surface area contributed by atoms with Crippen molar-refractivity contribution in [2.24, 2.45) is 10.9 Å². The lowest BCUT2D eigenvalue weighted by molar-refractivity contribution is 0.0169. The van der Waals surface area contributed by atoms with Gasteiger partial charge in [-0.2, -0.15) is 11.8 Å². The third-order valence-electron chi connectivity index (χ3n) is 3.85. The van der Waals surface area contributed by atoms with Gasteiger partial charge in [0, 0.05) is 32.5 Å². The number of nitrogens with one attached hydrogen (secondary N) is 2. The van der Waals surface area contributed by atoms with Crippen LogP contribution in [0.4, 0.5) is 0 Å². The van der Waals surface area contributed by atoms with Crippen LogP contribution in [-0.2, 0) is 4.74 Å². The summed E-state index contributed by atoms with van der Waals surface area (Å²) in [5, 5.41) is 6.71. The largest absolute Gasteiger partial charge is 0.378 e. The number of nitrogens with zero attached hydrogens (tertiary/aromatic N) is 1. The molecule has 1 atom stereocenters. The SMILES string of the molecule is CCOC(CCNC(=NC)NCCSC)C1CCCC1. The average molecular weight is 302 g/mol. The summed E-state index contributed by atoms with van der Waals surface area (Å²) >= 11 is 1.84. The summed E-state index contributed by atoms with van der Waals surface area (Å²) in [7, 11) is 1.82. The van der Waals surface area contributed by atoms with E-state index in [1.807, 2.05) is 18.8 Å². The Morgan fingerprint density at radius 2 is 2.00 bits per heavy atom. The Kier molecular flexibility index (Phi) is 9.93. The zero-order valence-corrected chi connectivity index (χ0v) is 14.1. The van der Waals surface area contributed by atoms with Crippen molar-refractivity contribution in [3.8, 4) is 0 Å². The van der Waals surface area contributed by atoms with Crippen molar-refractivity contribution in [2.45, 2.75) is 45.1 Å². The molecule has 0 radical (unpaired) electrons. The molecule has 118 valence electrons. The topological polar surface area (TPSA) is 45.6 Å². The van der Waals surface area contributed by atoms with Gasteiger partial charge in [-0.25, -0.2) is 0 Å². The van der Waals surface area contributed by atoms with Crippen molar-refractivity contribution >= 4 is 17.7 Å². The molecule has 0 amide bonds. The fourth-order valence-corrected chi connectivity index (χ4v) is 3.13. The molecule has 0 aliphatic heterocycles. The minimum atomic E-state index is 0.416. The van der Waals surface area contributed by atoms with Crippen LogP contribution in [0.5, 0.6) is 0 Å². The molecule has 1 rings (SSSR count). The molecule has 1 saturated carbocycles. The Balaban J connectivity index is 2.24. The molecule has 20 heavy (non-hydrogen) atoms. The van der Waals surface area contributed by atoms with Crippen molar-refractivity contribution in [3.63, 3.8) is 0 Å². The van der Waals surface area contributed by atoms with E-state index < -0.39 is 0 Å². The highest BCUT2D eigenvalue weighted by Crippen LogP contribution is 2.30. The van der Waals surface area contributed by atoms with Crippen LogP contribution in [0.3, 0.4) is 0 Å². The zero-order valence-electron chi connectivity index (χ0n) is 13.3. The maximum atomic E-state index is 5.94. The number of guanidine groups is 1. The highest BCUT2D eigenvalue weighted by molar-refractivity contribution is 7.98. The average Bonchev–Trinajstić information content (AvgIpc) is 2.99. The van der Waals surface area contributed by atoms with Crippen molar-refractivity contribution in [3.05, 3.63) is 0 Å². The summed E-state index contributed by atoms with van der Waals surface area (Å²) in [6, 6.07) is 0. The normalized spacial score (nSPS) is 18.2. The Bertz CT molecular complexity index is 268. The van der Waals surface area contributed by atoms with Crippen LogP contribution in [0.1, 0.15) is 39.0 Å². The molecule has 0 saturated heterocycles. The number of aliphatic imine (C=N–C) groups is 1. The molecule has 5 heteroatoms. The molecule has 0 aromatic rings. The summed E-state index contributed by atoms with van der Waals surface area (Å²) in [5.74, 6) is 2.77. The second-order valence-corrected chi connectivity index (χ2v) is 6.23. The Morgan fingerprint density at radius 3 is 2.60 bits per heavy atom. The zero-order chi connectivity index (χ0) is 14.6. The van der Waals surface area contributed by atoms with Crippen LogP contribution in [0.15, 0.2) is 4.99 Å². The molecule has 2 N–H and O–H groups in total. The molecular formula is C15H31N3OS. The van der Waals surface area contributed by atoms with E-state index in [-0.39, 0.29) is 0 Å². The van der Waals surface area contributed by atoms with E-state index in [2.05, 4.69) is 28.8 Å². The van der Waals surface area contributed by atoms with Crippen LogP contribution >= 0.6 is 11.8 Å². The maximum Gasteiger partial charge on any atom is 0.191 e. The molecule has 0 spiro atoms. The minimum absolute atomic E-state index is 0.416. The lowest BCUT2D eigenvalue weighted by Gasteiger charge is -2.24. The van der Waals surface area contributed by atoms with Crippen LogP contribution in [0, 0.1) is 5.92 Å². The Labute approximate surface area is 128 Å². The summed E-state index contributed by atoms with van der Waals surface area (Å²) in [4.78, 5) is 4.24. The Hall–Kier alpha value is -0.420. The third kappa shape index (κ3) is 6.84. The lowest BCUT2D eigenvalue weighted by Crippen LogP contribution is -2.40. The second kappa shape index (κ2) is 11.3. The van der Waals surface area contributed by atoms with E-state index >= 15 is 0 Å². The van der Waals surface area contributed by atoms with Crippen LogP contribution in [0.2, 0.25) is 0 Å². The van der Waals surface area contributed by atoms with Gasteiger partial charge in [0.25, 0.3) is 0 Å². The number of hydrogen-bond acceptors (Lipinski definition) is 3. The van der Waals surface area contributed by atoms with Gasteiger partial charge in [-0.3, -0.25) is 4.99 Å². The molecule has 1 aliphatic carbocycles. The molecule has 0 aromatic heterocycles. The molecule has 0 bridgehead atoms. The van der Waals surface area contributed by atoms with E-state index in [4.69, 9.17) is 4.74 Å². The highest BCUT2D eigenvalue weighted by atomic mass is 32.2. The second-order valence-electron chi connectivity index (χ2n) is 5.25. The molecule has 4 nitrogen and oxygen atoms in total. The Morgan fingerprint density at radius 1 is 1.30 bits per heavy atom. The smallest absolute Gasteiger partial charge is 0.191 e. The molecule has 1 unspecified atom stereocenters. The van der Waals surface area contributed by atoms with Crippen molar-refractivity contribution in [1.82, 2.24) is 10.6 Å². The number of hydrogen-bond donors (Lipinski definition) is 2. The van der Waals surface area contributed by atoms with Crippen molar-refractivity contribution in [2.75, 3.05) is 38.8 Å². The lowest BCUT2D eigenvalue weighted by atomic mass is 9.98. The van der Waals surface area contributed by atoms with Crippen molar-refractivity contribution < 1.29 is 4.74 Å². The van der Waals surface area contributed by atoms with E-state index in [0.717, 1.165) is 43.7 Å². The van der Waals surface area contributed by atoms with Crippen molar-refractivity contribution in [1.29, 1.82) is 0 Å². The first-order valence-corrected chi connectivity index (χ1v) is 9.26. The third-order valence-corrected chi connectivity index (χ3v) is 4.46. The van der Waals surface area contributed by atoms with E-state index in [1.165, 1.54) is 25.7 Å². The first-order chi connectivity index (χ1) is 9.81. The summed E-state index contributed by atoms with van der Waals surface area (Å²) in [5.41, 5.74) is 0. The minimum Gasteiger partial charge on any atom is -0.378 e. The van der Waals surface area contributed by atoms with Gasteiger partial charge in [-0.15, -0.1) is 0 Å². The van der Waals surface area contributed by atoms with E-state index in [9.17, 15) is 0 Å². The van der Waals surface area contributed by atoms with Gasteiger partial charge < -0.3 is 15.4 Å². The van der Waals surface area contributed by atoms with Gasteiger partial charge in [0.15, 0.2) is 5.96 Å². The summed E-state index contributed by atoms with van der Waals surface area (Å²) in [6.45, 7) is 4.80. The molecular weight excluding hydrogens is 270 g/mol. The standard InChI is InChI=1S/C15H31N3OS/c1-4-19-14(13-7-5-6-8-13)9-10-17-15(16-2)18-11-12-20-3/h13-14H,4-12H2,1-3H3,(H2,16,17,18). The predicted molar refractivity (Wildman–Crippen MR) is 89.7 cm³/mol. The van der Waals surface area contributed by atoms with Gasteiger partial charge in [0.1, 0.15) is 0 Å². The first-order valence-electron chi connectivity index (χ1n) is 7.86. The van der Waals surface area contributed by atoms with Crippen LogP contribution < -0.4 is 10.6 Å². The quantitative estimate of drug-likeness (QED) is 0.390. The number of ether oxygens (including phenoxy) is 1. The van der Waals surface area contributed by atoms with Gasteiger partial charge in [-0.05, 0) is 38.4 Å². The molecule has 1 aliphatic rings. The van der Waals surface area contributed by atoms with Crippen LogP contribution in [-0.4, -0.2) is 50.8 Å². The first kappa shape index (κ1) is 17.6. The van der Waals surface area contributed by atoms with Gasteiger partial charge in [0.2, 0.25) is 0 Å². The number of thioether (sulfide) groups is 1. The molecule has 0 heterocycles. The fourth-order valence-electron chi connectivity index (χ4n) is 2.82. The number of rotatable bonds is 9. The van der Waals surface area contributed by atoms with E-state index in [0.29, 0.717) is 6.10 Å². The summed E-state index contributed by atoms with van der Waals surface area (Å²) in [6.07, 6.45) is 9.03.